The average molecular weight is 491 g/mol. The summed E-state index contributed by atoms with van der Waals surface area (Å²) in [5.41, 5.74) is 0.413. The molecule has 3 heterocycles. The van der Waals surface area contributed by atoms with Gasteiger partial charge in [0.25, 0.3) is 0 Å². The molecule has 1 amide bonds. The number of allylic oxidation sites excluding steroid dienone is 3. The number of esters is 1. The molecule has 0 aromatic heterocycles. The van der Waals surface area contributed by atoms with Crippen LogP contribution in [0, 0.1) is 0 Å². The Morgan fingerprint density at radius 1 is 1.26 bits per heavy atom. The van der Waals surface area contributed by atoms with Crippen LogP contribution in [0.5, 0.6) is 11.5 Å². The predicted octanol–water partition coefficient (Wildman–Crippen LogP) is 3.12. The van der Waals surface area contributed by atoms with Gasteiger partial charge < -0.3 is 29.4 Å². The molecule has 0 aliphatic carbocycles. The highest BCUT2D eigenvalue weighted by Crippen LogP contribution is 2.38. The summed E-state index contributed by atoms with van der Waals surface area (Å²) < 4.78 is 11.1. The number of cyclic esters (lactones) is 1. The fourth-order valence-electron chi connectivity index (χ4n) is 4.07. The summed E-state index contributed by atoms with van der Waals surface area (Å²) in [5, 5.41) is 24.7. The minimum atomic E-state index is -0.761. The lowest BCUT2D eigenvalue weighted by atomic mass is 9.99. The molecule has 0 radical (unpaired) electrons. The number of nitrogens with zero attached hydrogens (tertiary/aromatic N) is 2. The lowest BCUT2D eigenvalue weighted by molar-refractivity contribution is -0.128. The highest BCUT2D eigenvalue weighted by molar-refractivity contribution is 6.33. The first kappa shape index (κ1) is 24.1. The number of fused-ring (bicyclic) bond motifs is 2. The molecule has 9 nitrogen and oxygen atoms in total. The van der Waals surface area contributed by atoms with Gasteiger partial charge in [0.15, 0.2) is 0 Å². The smallest absolute Gasteiger partial charge is 0.342 e. The van der Waals surface area contributed by atoms with E-state index in [0.717, 1.165) is 12.5 Å². The maximum Gasteiger partial charge on any atom is 0.342 e. The average Bonchev–Trinajstić information content (AvgIpc) is 3.38. The number of ether oxygens (including phenoxy) is 2. The number of likely N-dealkylation sites (tertiary alicyclic amines) is 1. The zero-order valence-corrected chi connectivity index (χ0v) is 19.5. The van der Waals surface area contributed by atoms with E-state index in [-0.39, 0.29) is 53.0 Å². The number of benzene rings is 1. The van der Waals surface area contributed by atoms with Crippen LogP contribution in [0.4, 0.5) is 0 Å². The number of carbonyl (C=O) groups is 2. The number of phenolic OH excluding ortho intramolecular Hbond substituents is 2. The van der Waals surface area contributed by atoms with Gasteiger partial charge in [-0.1, -0.05) is 35.0 Å². The highest BCUT2D eigenvalue weighted by atomic mass is 35.5. The molecular formula is C24H27ClN2O7. The van der Waals surface area contributed by atoms with Crippen molar-refractivity contribution in [3.05, 3.63) is 46.5 Å². The van der Waals surface area contributed by atoms with Crippen molar-refractivity contribution < 1.29 is 34.1 Å². The second-order valence-corrected chi connectivity index (χ2v) is 8.87. The Morgan fingerprint density at radius 2 is 2.09 bits per heavy atom. The predicted molar refractivity (Wildman–Crippen MR) is 124 cm³/mol. The zero-order chi connectivity index (χ0) is 24.2. The largest absolute Gasteiger partial charge is 0.507 e. The van der Waals surface area contributed by atoms with Crippen molar-refractivity contribution in [1.82, 2.24) is 4.90 Å². The van der Waals surface area contributed by atoms with Gasteiger partial charge in [-0.05, 0) is 25.0 Å². The van der Waals surface area contributed by atoms with Gasteiger partial charge in [-0.2, -0.15) is 0 Å². The number of carbonyl (C=O) groups excluding carboxylic acids is 2. The summed E-state index contributed by atoms with van der Waals surface area (Å²) in [6.45, 7) is 3.07. The minimum Gasteiger partial charge on any atom is -0.507 e. The standard InChI is InChI=1S/C24H27ClN2O7/c1-14-11-20-19(34-20)6-3-2-5-15(26-32-10-9-27-8-4-7-21(27)30)12-16-22(24(31)33-14)17(28)13-18(29)23(16)25/h2-3,5-6,13-14,19-20,28-29H,4,7-12H2,1H3/b5-2+,6-3-,26-15-/t14-,19?,20+/m1/s1. The van der Waals surface area contributed by atoms with Crippen molar-refractivity contribution >= 4 is 29.2 Å². The highest BCUT2D eigenvalue weighted by Gasteiger charge is 2.38. The van der Waals surface area contributed by atoms with Crippen LogP contribution in [-0.2, 0) is 25.5 Å². The molecule has 1 aromatic carbocycles. The molecule has 0 spiro atoms. The third kappa shape index (κ3) is 5.71. The number of oxime groups is 1. The van der Waals surface area contributed by atoms with Crippen molar-refractivity contribution in [3.8, 4) is 11.5 Å². The molecule has 3 atom stereocenters. The fraction of sp³-hybridized carbons (Fsp3) is 0.458. The second-order valence-electron chi connectivity index (χ2n) is 8.49. The normalized spacial score (nSPS) is 28.0. The number of hydrogen-bond acceptors (Lipinski definition) is 8. The quantitative estimate of drug-likeness (QED) is 0.288. The number of aromatic hydroxyl groups is 2. The summed E-state index contributed by atoms with van der Waals surface area (Å²) in [5.74, 6) is -1.48. The molecule has 10 heteroatoms. The van der Waals surface area contributed by atoms with E-state index in [1.807, 2.05) is 12.2 Å². The van der Waals surface area contributed by atoms with E-state index < -0.39 is 17.8 Å². The number of amides is 1. The third-order valence-electron chi connectivity index (χ3n) is 5.88. The van der Waals surface area contributed by atoms with Crippen molar-refractivity contribution in [2.24, 2.45) is 5.16 Å². The summed E-state index contributed by atoms with van der Waals surface area (Å²) in [4.78, 5) is 31.9. The number of epoxide rings is 1. The number of halogens is 1. The maximum atomic E-state index is 12.9. The monoisotopic (exact) mass is 490 g/mol. The lowest BCUT2D eigenvalue weighted by Gasteiger charge is -2.17. The Bertz CT molecular complexity index is 1050. The van der Waals surface area contributed by atoms with Crippen molar-refractivity contribution in [3.63, 3.8) is 0 Å². The van der Waals surface area contributed by atoms with E-state index in [9.17, 15) is 19.8 Å². The van der Waals surface area contributed by atoms with Crippen LogP contribution in [0.15, 0.2) is 35.5 Å². The van der Waals surface area contributed by atoms with Gasteiger partial charge in [0, 0.05) is 31.9 Å². The molecule has 1 unspecified atom stereocenters. The molecule has 0 bridgehead atoms. The van der Waals surface area contributed by atoms with Crippen molar-refractivity contribution in [2.75, 3.05) is 19.7 Å². The molecular weight excluding hydrogens is 464 g/mol. The summed E-state index contributed by atoms with van der Waals surface area (Å²) in [6.07, 6.45) is 8.46. The Morgan fingerprint density at radius 3 is 2.85 bits per heavy atom. The van der Waals surface area contributed by atoms with Crippen LogP contribution >= 0.6 is 11.6 Å². The van der Waals surface area contributed by atoms with Crippen LogP contribution in [-0.4, -0.2) is 70.7 Å². The molecule has 3 aliphatic rings. The summed E-state index contributed by atoms with van der Waals surface area (Å²) in [7, 11) is 0. The molecule has 4 rings (SSSR count). The van der Waals surface area contributed by atoms with Gasteiger partial charge in [0.05, 0.1) is 23.4 Å². The summed E-state index contributed by atoms with van der Waals surface area (Å²) in [6, 6.07) is 1.01. The zero-order valence-electron chi connectivity index (χ0n) is 18.8. The molecule has 2 fully saturated rings. The van der Waals surface area contributed by atoms with Crippen molar-refractivity contribution in [1.29, 1.82) is 0 Å². The fourth-order valence-corrected chi connectivity index (χ4v) is 4.29. The number of hydrogen-bond donors (Lipinski definition) is 2. The topological polar surface area (TPSA) is 121 Å². The third-order valence-corrected chi connectivity index (χ3v) is 6.31. The first-order valence-electron chi connectivity index (χ1n) is 11.2. The number of rotatable bonds is 4. The Labute approximate surface area is 202 Å². The maximum absolute atomic E-state index is 12.9. The molecule has 1 aromatic rings. The van der Waals surface area contributed by atoms with Crippen LogP contribution in [0.2, 0.25) is 5.02 Å². The van der Waals surface area contributed by atoms with E-state index >= 15 is 0 Å². The van der Waals surface area contributed by atoms with Gasteiger partial charge in [-0.15, -0.1) is 0 Å². The Kier molecular flexibility index (Phi) is 7.43. The lowest BCUT2D eigenvalue weighted by Crippen LogP contribution is -2.28. The SMILES string of the molecule is C[C@@H]1C[C@@H]2OC2\C=C/C=C/C(=N/OCCN2CCCC2=O)Cc2c(Cl)c(O)cc(O)c2C(=O)O1. The van der Waals surface area contributed by atoms with Gasteiger partial charge >= 0.3 is 5.97 Å². The Balaban J connectivity index is 1.61. The molecule has 34 heavy (non-hydrogen) atoms. The molecule has 0 saturated carbocycles. The van der Waals surface area contributed by atoms with Gasteiger partial charge in [0.2, 0.25) is 5.91 Å². The second kappa shape index (κ2) is 10.5. The molecule has 182 valence electrons. The van der Waals surface area contributed by atoms with Crippen LogP contribution < -0.4 is 0 Å². The molecule has 3 aliphatic heterocycles. The van der Waals surface area contributed by atoms with Crippen LogP contribution in [0.1, 0.15) is 42.1 Å². The first-order chi connectivity index (χ1) is 16.3. The minimum absolute atomic E-state index is 0.0187. The van der Waals surface area contributed by atoms with Gasteiger partial charge in [-0.3, -0.25) is 4.79 Å². The molecule has 2 saturated heterocycles. The van der Waals surface area contributed by atoms with E-state index in [4.69, 9.17) is 25.9 Å². The Hall–Kier alpha value is -3.04. The van der Waals surface area contributed by atoms with Crippen LogP contribution in [0.3, 0.4) is 0 Å². The summed E-state index contributed by atoms with van der Waals surface area (Å²) >= 11 is 6.33. The van der Waals surface area contributed by atoms with Gasteiger partial charge in [0.1, 0.15) is 35.9 Å². The van der Waals surface area contributed by atoms with E-state index in [1.54, 1.807) is 24.0 Å². The van der Waals surface area contributed by atoms with Gasteiger partial charge in [-0.25, -0.2) is 4.79 Å². The van der Waals surface area contributed by atoms with Crippen LogP contribution in [0.25, 0.3) is 0 Å². The first-order valence-corrected chi connectivity index (χ1v) is 11.6. The molecule has 2 N–H and O–H groups in total. The van der Waals surface area contributed by atoms with E-state index in [0.29, 0.717) is 31.6 Å². The van der Waals surface area contributed by atoms with E-state index in [2.05, 4.69) is 5.16 Å². The van der Waals surface area contributed by atoms with Crippen molar-refractivity contribution in [2.45, 2.75) is 50.9 Å². The van der Waals surface area contributed by atoms with E-state index in [1.165, 1.54) is 0 Å². The number of phenols is 2.